The number of benzene rings is 3. The Morgan fingerprint density at radius 1 is 1.05 bits per heavy atom. The summed E-state index contributed by atoms with van der Waals surface area (Å²) in [5, 5.41) is 16.8. The number of hydrogen-bond donors (Lipinski definition) is 4. The maximum Gasteiger partial charge on any atom is 0.222 e. The molecule has 3 aromatic rings. The summed E-state index contributed by atoms with van der Waals surface area (Å²) in [7, 11) is 1.46. The highest BCUT2D eigenvalue weighted by molar-refractivity contribution is 6.30. The monoisotopic (exact) mass is 570 g/mol. The molecule has 1 aliphatic rings. The highest BCUT2D eigenvalue weighted by Gasteiger charge is 2.47. The van der Waals surface area contributed by atoms with Crippen LogP contribution >= 0.6 is 11.6 Å². The van der Waals surface area contributed by atoms with Crippen LogP contribution in [0.2, 0.25) is 5.02 Å². The number of methoxy groups -OCH3 is 1. The van der Waals surface area contributed by atoms with Crippen LogP contribution in [0.4, 0.5) is 0 Å². The number of nitrogens with two attached hydrogens (primary N) is 2. The van der Waals surface area contributed by atoms with Crippen LogP contribution in [0.3, 0.4) is 0 Å². The first-order valence-corrected chi connectivity index (χ1v) is 13.3. The van der Waals surface area contributed by atoms with Crippen molar-refractivity contribution in [3.05, 3.63) is 82.9 Å². The van der Waals surface area contributed by atoms with E-state index in [9.17, 15) is 9.90 Å². The quantitative estimate of drug-likeness (QED) is 0.191. The summed E-state index contributed by atoms with van der Waals surface area (Å²) in [6.07, 6.45) is -3.60. The molecular weight excluding hydrogens is 536 g/mol. The van der Waals surface area contributed by atoms with E-state index in [1.165, 1.54) is 7.11 Å². The van der Waals surface area contributed by atoms with Crippen molar-refractivity contribution in [3.8, 4) is 0 Å². The molecular formula is C29H35ClN4O6. The van der Waals surface area contributed by atoms with Gasteiger partial charge in [0.15, 0.2) is 12.2 Å². The molecule has 0 saturated carbocycles. The van der Waals surface area contributed by atoms with E-state index < -0.39 is 30.6 Å². The van der Waals surface area contributed by atoms with Gasteiger partial charge in [-0.1, -0.05) is 60.1 Å². The number of nitrogens with zero attached hydrogens (tertiary/aromatic N) is 1. The van der Waals surface area contributed by atoms with Crippen LogP contribution in [-0.2, 0) is 37.0 Å². The number of carbonyl (C=O) groups excluding carboxylic acids is 1. The van der Waals surface area contributed by atoms with Gasteiger partial charge in [-0.25, -0.2) is 0 Å². The van der Waals surface area contributed by atoms with Crippen LogP contribution in [0.1, 0.15) is 17.5 Å². The Hall–Kier alpha value is -3.25. The van der Waals surface area contributed by atoms with E-state index in [1.54, 1.807) is 12.1 Å². The standard InChI is InChI=1S/C29H35ClN4O6/c1-37-27-25(34-24(35)12-13-33-29(31)32)28(39-16-18-7-10-22(30)11-8-18)40-23(26(27)36)17-38-15-19-6-9-20-4-2-3-5-21(20)14-19/h2-11,14,23,25-28,36H,12-13,15-17H2,1H3,(H,34,35)(H4,31,32,33)/t23-,25-,26-,27-,28?/m1/s1. The van der Waals surface area contributed by atoms with Crippen molar-refractivity contribution >= 4 is 34.2 Å². The zero-order chi connectivity index (χ0) is 28.5. The van der Waals surface area contributed by atoms with Crippen LogP contribution in [0.15, 0.2) is 71.7 Å². The molecule has 4 rings (SSSR count). The molecule has 0 aliphatic carbocycles. The highest BCUT2D eigenvalue weighted by Crippen LogP contribution is 2.26. The van der Waals surface area contributed by atoms with Gasteiger partial charge in [0.25, 0.3) is 0 Å². The topological polar surface area (TPSA) is 151 Å². The molecule has 1 unspecified atom stereocenters. The van der Waals surface area contributed by atoms with Gasteiger partial charge in [-0.3, -0.25) is 9.79 Å². The van der Waals surface area contributed by atoms with Gasteiger partial charge in [-0.05, 0) is 40.1 Å². The highest BCUT2D eigenvalue weighted by atomic mass is 35.5. The summed E-state index contributed by atoms with van der Waals surface area (Å²) in [5.74, 6) is -0.450. The van der Waals surface area contributed by atoms with Crippen LogP contribution in [0, 0.1) is 0 Å². The van der Waals surface area contributed by atoms with Crippen molar-refractivity contribution in [2.24, 2.45) is 16.5 Å². The Labute approximate surface area is 238 Å². The molecule has 0 radical (unpaired) electrons. The van der Waals surface area contributed by atoms with Gasteiger partial charge in [0.05, 0.1) is 26.4 Å². The lowest BCUT2D eigenvalue weighted by Crippen LogP contribution is -2.65. The molecule has 0 bridgehead atoms. The first kappa shape index (κ1) is 29.7. The lowest BCUT2D eigenvalue weighted by Gasteiger charge is -2.44. The van der Waals surface area contributed by atoms with Crippen molar-refractivity contribution in [2.45, 2.75) is 50.3 Å². The number of fused-ring (bicyclic) bond motifs is 1. The fourth-order valence-corrected chi connectivity index (χ4v) is 4.68. The van der Waals surface area contributed by atoms with Crippen molar-refractivity contribution in [1.29, 1.82) is 0 Å². The SMILES string of the molecule is CO[C@H]1[C@H](O)[C@@H](COCc2ccc3ccccc3c2)OC(OCc2ccc(Cl)cc2)[C@@H]1NC(=O)CCN=C(N)N. The average Bonchev–Trinajstić information content (AvgIpc) is 2.94. The van der Waals surface area contributed by atoms with Crippen LogP contribution in [-0.4, -0.2) is 67.9 Å². The number of rotatable bonds is 12. The van der Waals surface area contributed by atoms with Crippen molar-refractivity contribution in [3.63, 3.8) is 0 Å². The number of hydrogen-bond acceptors (Lipinski definition) is 7. The number of aliphatic hydroxyl groups excluding tert-OH is 1. The van der Waals surface area contributed by atoms with Crippen LogP contribution < -0.4 is 16.8 Å². The minimum absolute atomic E-state index is 0.0309. The number of guanidine groups is 1. The van der Waals surface area contributed by atoms with E-state index in [2.05, 4.69) is 22.4 Å². The first-order chi connectivity index (χ1) is 19.3. The molecule has 1 heterocycles. The number of halogens is 1. The van der Waals surface area contributed by atoms with Gasteiger partial charge in [0, 0.05) is 18.6 Å². The molecule has 1 aliphatic heterocycles. The lowest BCUT2D eigenvalue weighted by atomic mass is 9.96. The second-order valence-corrected chi connectivity index (χ2v) is 9.95. The van der Waals surface area contributed by atoms with E-state index in [0.717, 1.165) is 21.9 Å². The molecule has 10 nitrogen and oxygen atoms in total. The minimum Gasteiger partial charge on any atom is -0.388 e. The van der Waals surface area contributed by atoms with Crippen molar-refractivity contribution in [2.75, 3.05) is 20.3 Å². The third kappa shape index (κ3) is 8.14. The Balaban J connectivity index is 1.43. The van der Waals surface area contributed by atoms with E-state index in [-0.39, 0.29) is 38.0 Å². The fraction of sp³-hybridized carbons (Fsp3) is 0.379. The summed E-state index contributed by atoms with van der Waals surface area (Å²) >= 11 is 6.00. The maximum atomic E-state index is 12.7. The number of amides is 1. The van der Waals surface area contributed by atoms with Gasteiger partial charge in [0.1, 0.15) is 24.4 Å². The van der Waals surface area contributed by atoms with E-state index in [4.69, 9.17) is 42.0 Å². The van der Waals surface area contributed by atoms with Gasteiger partial charge in [0.2, 0.25) is 5.91 Å². The number of aliphatic imine (C=N–C) groups is 1. The molecule has 5 atom stereocenters. The van der Waals surface area contributed by atoms with E-state index >= 15 is 0 Å². The Morgan fingerprint density at radius 2 is 1.77 bits per heavy atom. The average molecular weight is 571 g/mol. The third-order valence-electron chi connectivity index (χ3n) is 6.60. The first-order valence-electron chi connectivity index (χ1n) is 13.0. The molecule has 3 aromatic carbocycles. The number of nitrogens with one attached hydrogen (secondary N) is 1. The van der Waals surface area contributed by atoms with Gasteiger partial charge < -0.3 is 40.8 Å². The molecule has 1 amide bonds. The summed E-state index contributed by atoms with van der Waals surface area (Å²) in [4.78, 5) is 16.5. The summed E-state index contributed by atoms with van der Waals surface area (Å²) in [6, 6.07) is 20.6. The zero-order valence-corrected chi connectivity index (χ0v) is 23.0. The van der Waals surface area contributed by atoms with Gasteiger partial charge >= 0.3 is 0 Å². The predicted molar refractivity (Wildman–Crippen MR) is 153 cm³/mol. The number of carbonyl (C=O) groups is 1. The molecule has 6 N–H and O–H groups in total. The van der Waals surface area contributed by atoms with E-state index in [0.29, 0.717) is 11.6 Å². The van der Waals surface area contributed by atoms with Crippen molar-refractivity contribution in [1.82, 2.24) is 5.32 Å². The summed E-state index contributed by atoms with van der Waals surface area (Å²) in [5.41, 5.74) is 12.6. The molecule has 214 valence electrons. The number of ether oxygens (including phenoxy) is 4. The lowest BCUT2D eigenvalue weighted by molar-refractivity contribution is -0.279. The van der Waals surface area contributed by atoms with E-state index in [1.807, 2.05) is 42.5 Å². The second-order valence-electron chi connectivity index (χ2n) is 9.52. The maximum absolute atomic E-state index is 12.7. The molecule has 11 heteroatoms. The molecule has 0 aromatic heterocycles. The zero-order valence-electron chi connectivity index (χ0n) is 22.2. The second kappa shape index (κ2) is 14.4. The van der Waals surface area contributed by atoms with Crippen molar-refractivity contribution < 1.29 is 28.8 Å². The smallest absolute Gasteiger partial charge is 0.222 e. The van der Waals surface area contributed by atoms with Crippen LogP contribution in [0.25, 0.3) is 10.8 Å². The van der Waals surface area contributed by atoms with Gasteiger partial charge in [-0.15, -0.1) is 0 Å². The van der Waals surface area contributed by atoms with Gasteiger partial charge in [-0.2, -0.15) is 0 Å². The molecule has 1 fully saturated rings. The largest absolute Gasteiger partial charge is 0.388 e. The normalized spacial score (nSPS) is 22.6. The fourth-order valence-electron chi connectivity index (χ4n) is 4.56. The molecule has 1 saturated heterocycles. The number of aliphatic hydroxyl groups is 1. The van der Waals surface area contributed by atoms with Crippen LogP contribution in [0.5, 0.6) is 0 Å². The molecule has 0 spiro atoms. The Bertz CT molecular complexity index is 1290. The third-order valence-corrected chi connectivity index (χ3v) is 6.85. The Kier molecular flexibility index (Phi) is 10.7. The summed E-state index contributed by atoms with van der Waals surface area (Å²) in [6.45, 7) is 0.707. The summed E-state index contributed by atoms with van der Waals surface area (Å²) < 4.78 is 23.8. The minimum atomic E-state index is -1.10. The molecule has 40 heavy (non-hydrogen) atoms. The predicted octanol–water partition coefficient (Wildman–Crippen LogP) is 2.48. The Morgan fingerprint density at radius 3 is 2.50 bits per heavy atom.